The molecule has 1 aromatic heterocycles. The molecule has 4 heteroatoms. The fourth-order valence-electron chi connectivity index (χ4n) is 4.87. The van der Waals surface area contributed by atoms with Crippen LogP contribution in [0.1, 0.15) is 58.9 Å². The summed E-state index contributed by atoms with van der Waals surface area (Å²) in [5.41, 5.74) is 3.32. The monoisotopic (exact) mass is 378 g/mol. The zero-order valence-corrected chi connectivity index (χ0v) is 16.5. The Balaban J connectivity index is 1.44. The number of carbonyl (C=O) groups excluding carboxylic acids is 1. The van der Waals surface area contributed by atoms with Crippen LogP contribution >= 0.6 is 11.3 Å². The van der Waals surface area contributed by atoms with Gasteiger partial charge in [-0.1, -0.05) is 25.1 Å². The fraction of sp³-hybridized carbons (Fsp3) is 0.435. The Morgan fingerprint density at radius 3 is 2.85 bits per heavy atom. The lowest BCUT2D eigenvalue weighted by Crippen LogP contribution is -2.38. The second-order valence-electron chi connectivity index (χ2n) is 8.27. The van der Waals surface area contributed by atoms with E-state index in [4.69, 9.17) is 0 Å². The number of hydrogen-bond acceptors (Lipinski definition) is 3. The summed E-state index contributed by atoms with van der Waals surface area (Å²) in [6, 6.07) is 11.0. The maximum atomic E-state index is 13.0. The first-order valence-electron chi connectivity index (χ1n) is 10.1. The highest BCUT2D eigenvalue weighted by Gasteiger charge is 2.38. The first-order valence-corrected chi connectivity index (χ1v) is 11.0. The molecule has 2 aromatic rings. The molecule has 1 fully saturated rings. The number of benzene rings is 1. The zero-order valence-electron chi connectivity index (χ0n) is 15.7. The van der Waals surface area contributed by atoms with E-state index in [0.717, 1.165) is 43.8 Å². The largest absolute Gasteiger partial charge is 0.377 e. The van der Waals surface area contributed by atoms with Gasteiger partial charge in [0, 0.05) is 35.1 Å². The van der Waals surface area contributed by atoms with E-state index in [9.17, 15) is 4.79 Å². The van der Waals surface area contributed by atoms with Crippen LogP contribution in [0.2, 0.25) is 0 Å². The van der Waals surface area contributed by atoms with Crippen LogP contribution in [-0.2, 0) is 0 Å². The third-order valence-electron chi connectivity index (χ3n) is 6.53. The van der Waals surface area contributed by atoms with E-state index in [1.807, 2.05) is 22.3 Å². The minimum absolute atomic E-state index is 0.198. The van der Waals surface area contributed by atoms with Gasteiger partial charge in [-0.3, -0.25) is 4.79 Å². The van der Waals surface area contributed by atoms with Gasteiger partial charge in [0.05, 0.1) is 6.04 Å². The molecule has 0 spiro atoms. The minimum Gasteiger partial charge on any atom is -0.377 e. The first-order chi connectivity index (χ1) is 13.2. The summed E-state index contributed by atoms with van der Waals surface area (Å²) >= 11 is 1.83. The number of fused-ring (bicyclic) bond motifs is 3. The second-order valence-corrected chi connectivity index (χ2v) is 9.25. The average Bonchev–Trinajstić information content (AvgIpc) is 3.39. The Morgan fingerprint density at radius 2 is 2.07 bits per heavy atom. The quantitative estimate of drug-likeness (QED) is 0.705. The molecule has 5 rings (SSSR count). The minimum atomic E-state index is 0.198. The standard InChI is InChI=1S/C23H26N2OS/c1-15-9-11-25(12-10-15)23(26)16-7-8-20-19(14-16)17-4-2-5-18(17)22(24-20)21-6-3-13-27-21/h2-4,6-8,13-15,17-18,22,24H,5,9-12H2,1H3. The number of piperidine rings is 1. The van der Waals surface area contributed by atoms with Crippen LogP contribution in [-0.4, -0.2) is 23.9 Å². The van der Waals surface area contributed by atoms with E-state index < -0.39 is 0 Å². The lowest BCUT2D eigenvalue weighted by Gasteiger charge is -2.37. The molecule has 1 aromatic carbocycles. The Hall–Kier alpha value is -2.07. The summed E-state index contributed by atoms with van der Waals surface area (Å²) in [5.74, 6) is 1.88. The topological polar surface area (TPSA) is 32.3 Å². The number of likely N-dealkylation sites (tertiary alicyclic amines) is 1. The molecule has 3 heterocycles. The van der Waals surface area contributed by atoms with Crippen LogP contribution in [0.15, 0.2) is 47.9 Å². The molecule has 1 amide bonds. The lowest BCUT2D eigenvalue weighted by molar-refractivity contribution is 0.0697. The van der Waals surface area contributed by atoms with Crippen molar-refractivity contribution in [3.8, 4) is 0 Å². The molecule has 0 saturated carbocycles. The van der Waals surface area contributed by atoms with Crippen molar-refractivity contribution < 1.29 is 4.79 Å². The van der Waals surface area contributed by atoms with Crippen molar-refractivity contribution in [1.29, 1.82) is 0 Å². The molecular formula is C23H26N2OS. The first kappa shape index (κ1) is 17.1. The van der Waals surface area contributed by atoms with E-state index in [-0.39, 0.29) is 5.91 Å². The molecule has 0 radical (unpaired) electrons. The van der Waals surface area contributed by atoms with Crippen LogP contribution in [0.4, 0.5) is 5.69 Å². The second kappa shape index (κ2) is 6.83. The SMILES string of the molecule is CC1CCN(C(=O)c2ccc3c(c2)C2C=CCC2C(c2cccs2)N3)CC1. The van der Waals surface area contributed by atoms with Crippen LogP contribution < -0.4 is 5.32 Å². The van der Waals surface area contributed by atoms with Gasteiger partial charge in [0.2, 0.25) is 0 Å². The lowest BCUT2D eigenvalue weighted by atomic mass is 9.78. The molecule has 2 aliphatic heterocycles. The molecule has 140 valence electrons. The number of allylic oxidation sites excluding steroid dienone is 2. The predicted molar refractivity (Wildman–Crippen MR) is 111 cm³/mol. The highest BCUT2D eigenvalue weighted by molar-refractivity contribution is 7.10. The van der Waals surface area contributed by atoms with Crippen molar-refractivity contribution in [2.45, 2.75) is 38.1 Å². The Morgan fingerprint density at radius 1 is 1.22 bits per heavy atom. The van der Waals surface area contributed by atoms with Gasteiger partial charge in [0.25, 0.3) is 5.91 Å². The van der Waals surface area contributed by atoms with E-state index in [1.54, 1.807) is 0 Å². The van der Waals surface area contributed by atoms with Gasteiger partial charge in [0.1, 0.15) is 0 Å². The summed E-state index contributed by atoms with van der Waals surface area (Å²) in [6.07, 6.45) is 8.00. The molecule has 3 unspecified atom stereocenters. The summed E-state index contributed by atoms with van der Waals surface area (Å²) in [7, 11) is 0. The number of rotatable bonds is 2. The van der Waals surface area contributed by atoms with Crippen molar-refractivity contribution >= 4 is 22.9 Å². The number of nitrogens with one attached hydrogen (secondary N) is 1. The van der Waals surface area contributed by atoms with E-state index in [0.29, 0.717) is 17.9 Å². The Bertz CT molecular complexity index is 865. The van der Waals surface area contributed by atoms with Gasteiger partial charge in [0.15, 0.2) is 0 Å². The maximum absolute atomic E-state index is 13.0. The van der Waals surface area contributed by atoms with E-state index in [2.05, 4.69) is 54.0 Å². The van der Waals surface area contributed by atoms with Crippen molar-refractivity contribution in [3.05, 3.63) is 63.9 Å². The summed E-state index contributed by atoms with van der Waals surface area (Å²) in [4.78, 5) is 16.5. The highest BCUT2D eigenvalue weighted by Crippen LogP contribution is 2.50. The number of amides is 1. The van der Waals surface area contributed by atoms with Crippen LogP contribution in [0, 0.1) is 11.8 Å². The van der Waals surface area contributed by atoms with Gasteiger partial charge in [-0.25, -0.2) is 0 Å². The van der Waals surface area contributed by atoms with Gasteiger partial charge in [-0.05, 0) is 66.3 Å². The van der Waals surface area contributed by atoms with Gasteiger partial charge in [-0.2, -0.15) is 0 Å². The van der Waals surface area contributed by atoms with Gasteiger partial charge < -0.3 is 10.2 Å². The van der Waals surface area contributed by atoms with Crippen molar-refractivity contribution in [3.63, 3.8) is 0 Å². The molecule has 1 aliphatic carbocycles. The number of nitrogens with zero attached hydrogens (tertiary/aromatic N) is 1. The zero-order chi connectivity index (χ0) is 18.4. The van der Waals surface area contributed by atoms with Crippen LogP contribution in [0.25, 0.3) is 0 Å². The van der Waals surface area contributed by atoms with Crippen molar-refractivity contribution in [2.75, 3.05) is 18.4 Å². The van der Waals surface area contributed by atoms with Gasteiger partial charge in [-0.15, -0.1) is 11.3 Å². The molecule has 3 aliphatic rings. The van der Waals surface area contributed by atoms with Crippen LogP contribution in [0.5, 0.6) is 0 Å². The molecule has 27 heavy (non-hydrogen) atoms. The Kier molecular flexibility index (Phi) is 4.31. The smallest absolute Gasteiger partial charge is 0.253 e. The maximum Gasteiger partial charge on any atom is 0.253 e. The van der Waals surface area contributed by atoms with Gasteiger partial charge >= 0.3 is 0 Å². The summed E-state index contributed by atoms with van der Waals surface area (Å²) < 4.78 is 0. The molecule has 3 nitrogen and oxygen atoms in total. The fourth-order valence-corrected chi connectivity index (χ4v) is 5.72. The molecule has 1 N–H and O–H groups in total. The molecule has 0 bridgehead atoms. The third-order valence-corrected chi connectivity index (χ3v) is 7.49. The van der Waals surface area contributed by atoms with Crippen molar-refractivity contribution in [1.82, 2.24) is 4.90 Å². The van der Waals surface area contributed by atoms with E-state index in [1.165, 1.54) is 16.1 Å². The highest BCUT2D eigenvalue weighted by atomic mass is 32.1. The third kappa shape index (κ3) is 3.00. The number of carbonyl (C=O) groups is 1. The summed E-state index contributed by atoms with van der Waals surface area (Å²) in [5, 5.41) is 5.93. The van der Waals surface area contributed by atoms with E-state index >= 15 is 0 Å². The number of thiophene rings is 1. The molecule has 1 saturated heterocycles. The average molecular weight is 379 g/mol. The molecular weight excluding hydrogens is 352 g/mol. The Labute approximate surface area is 165 Å². The normalized spacial score (nSPS) is 27.1. The number of anilines is 1. The van der Waals surface area contributed by atoms with Crippen LogP contribution in [0.3, 0.4) is 0 Å². The van der Waals surface area contributed by atoms with Crippen molar-refractivity contribution in [2.24, 2.45) is 11.8 Å². The molecule has 3 atom stereocenters. The number of hydrogen-bond donors (Lipinski definition) is 1. The summed E-state index contributed by atoms with van der Waals surface area (Å²) in [6.45, 7) is 4.06. The predicted octanol–water partition coefficient (Wildman–Crippen LogP) is 5.45.